The molecule has 0 bridgehead atoms. The minimum absolute atomic E-state index is 0.487. The first-order chi connectivity index (χ1) is 12.2. The molecule has 0 amide bonds. The second-order valence-corrected chi connectivity index (χ2v) is 7.49. The first-order valence-electron chi connectivity index (χ1n) is 9.65. The predicted octanol–water partition coefficient (Wildman–Crippen LogP) is 3.30. The molecule has 0 unspecified atom stereocenters. The van der Waals surface area contributed by atoms with Crippen LogP contribution < -0.4 is 10.6 Å². The van der Waals surface area contributed by atoms with E-state index in [1.165, 1.54) is 37.1 Å². The Morgan fingerprint density at radius 2 is 1.72 bits per heavy atom. The van der Waals surface area contributed by atoms with Crippen molar-refractivity contribution in [2.75, 3.05) is 20.1 Å². The third-order valence-electron chi connectivity index (χ3n) is 5.34. The molecule has 0 atom stereocenters. The zero-order chi connectivity index (χ0) is 17.5. The van der Waals surface area contributed by atoms with Gasteiger partial charge >= 0.3 is 0 Å². The van der Waals surface area contributed by atoms with Crippen LogP contribution >= 0.6 is 0 Å². The van der Waals surface area contributed by atoms with Gasteiger partial charge in [-0.3, -0.25) is 9.89 Å². The van der Waals surface area contributed by atoms with Crippen LogP contribution in [-0.2, 0) is 13.1 Å². The minimum atomic E-state index is 0.487. The number of nitrogens with zero attached hydrogens (tertiary/aromatic N) is 2. The molecule has 1 aromatic carbocycles. The van der Waals surface area contributed by atoms with Gasteiger partial charge in [0.1, 0.15) is 0 Å². The average molecular weight is 341 g/mol. The number of benzene rings is 1. The van der Waals surface area contributed by atoms with Gasteiger partial charge in [-0.15, -0.1) is 0 Å². The van der Waals surface area contributed by atoms with Gasteiger partial charge in [-0.05, 0) is 55.8 Å². The van der Waals surface area contributed by atoms with E-state index in [-0.39, 0.29) is 0 Å². The van der Waals surface area contributed by atoms with Gasteiger partial charge in [-0.25, -0.2) is 0 Å². The van der Waals surface area contributed by atoms with Crippen molar-refractivity contribution in [3.63, 3.8) is 0 Å². The van der Waals surface area contributed by atoms with E-state index in [2.05, 4.69) is 63.9 Å². The van der Waals surface area contributed by atoms with Crippen molar-refractivity contribution < 1.29 is 0 Å². The van der Waals surface area contributed by atoms with Gasteiger partial charge in [0.25, 0.3) is 0 Å². The third-order valence-corrected chi connectivity index (χ3v) is 5.34. The average Bonchev–Trinajstić information content (AvgIpc) is 3.15. The fourth-order valence-corrected chi connectivity index (χ4v) is 3.55. The lowest BCUT2D eigenvalue weighted by Crippen LogP contribution is -2.42. The van der Waals surface area contributed by atoms with Gasteiger partial charge in [0.15, 0.2) is 5.96 Å². The highest BCUT2D eigenvalue weighted by Gasteiger charge is 2.15. The highest BCUT2D eigenvalue weighted by molar-refractivity contribution is 5.80. The van der Waals surface area contributed by atoms with E-state index in [9.17, 15) is 0 Å². The van der Waals surface area contributed by atoms with Crippen LogP contribution in [0.5, 0.6) is 0 Å². The van der Waals surface area contributed by atoms with E-state index in [1.54, 1.807) is 0 Å². The molecule has 3 rings (SSSR count). The molecular weight excluding hydrogens is 308 g/mol. The summed E-state index contributed by atoms with van der Waals surface area (Å²) in [6.07, 6.45) is 9.31. The van der Waals surface area contributed by atoms with Crippen LogP contribution in [0.25, 0.3) is 0 Å². The number of hydrogen-bond donors (Lipinski definition) is 2. The zero-order valence-corrected chi connectivity index (χ0v) is 15.7. The first-order valence-corrected chi connectivity index (χ1v) is 9.65. The van der Waals surface area contributed by atoms with Crippen molar-refractivity contribution in [2.45, 2.75) is 51.7 Å². The van der Waals surface area contributed by atoms with Gasteiger partial charge in [0.05, 0.1) is 0 Å². The Kier molecular flexibility index (Phi) is 6.51. The van der Waals surface area contributed by atoms with E-state index in [1.807, 2.05) is 7.05 Å². The zero-order valence-electron chi connectivity index (χ0n) is 15.7. The van der Waals surface area contributed by atoms with Crippen molar-refractivity contribution in [1.82, 2.24) is 15.5 Å². The largest absolute Gasteiger partial charge is 0.353 e. The van der Waals surface area contributed by atoms with Crippen LogP contribution in [0, 0.1) is 5.92 Å². The molecule has 136 valence electrons. The Bertz CT molecular complexity index is 574. The smallest absolute Gasteiger partial charge is 0.191 e. The lowest BCUT2D eigenvalue weighted by Gasteiger charge is -2.30. The van der Waals surface area contributed by atoms with Crippen molar-refractivity contribution in [3.05, 3.63) is 47.5 Å². The molecule has 1 aromatic rings. The van der Waals surface area contributed by atoms with Crippen molar-refractivity contribution in [1.29, 1.82) is 0 Å². The van der Waals surface area contributed by atoms with Crippen LogP contribution in [0.2, 0.25) is 0 Å². The lowest BCUT2D eigenvalue weighted by atomic mass is 9.99. The topological polar surface area (TPSA) is 39.7 Å². The van der Waals surface area contributed by atoms with E-state index >= 15 is 0 Å². The summed E-state index contributed by atoms with van der Waals surface area (Å²) in [5, 5.41) is 6.89. The molecule has 1 aliphatic heterocycles. The number of guanidine groups is 1. The summed E-state index contributed by atoms with van der Waals surface area (Å²) in [5.74, 6) is 1.79. The highest BCUT2D eigenvalue weighted by atomic mass is 15.2. The number of hydrogen-bond acceptors (Lipinski definition) is 2. The third kappa shape index (κ3) is 5.60. The Labute approximate surface area is 152 Å². The summed E-state index contributed by atoms with van der Waals surface area (Å²) in [4.78, 5) is 6.91. The molecule has 2 N–H and O–H groups in total. The first kappa shape index (κ1) is 18.0. The van der Waals surface area contributed by atoms with Crippen LogP contribution in [0.4, 0.5) is 0 Å². The monoisotopic (exact) mass is 340 g/mol. The van der Waals surface area contributed by atoms with Gasteiger partial charge in [0, 0.05) is 26.2 Å². The maximum absolute atomic E-state index is 4.33. The number of piperidine rings is 1. The van der Waals surface area contributed by atoms with Gasteiger partial charge in [-0.2, -0.15) is 0 Å². The van der Waals surface area contributed by atoms with Crippen LogP contribution in [0.3, 0.4) is 0 Å². The summed E-state index contributed by atoms with van der Waals surface area (Å²) < 4.78 is 0. The van der Waals surface area contributed by atoms with Crippen molar-refractivity contribution in [2.24, 2.45) is 10.9 Å². The van der Waals surface area contributed by atoms with Crippen molar-refractivity contribution in [3.8, 4) is 0 Å². The molecule has 4 heteroatoms. The summed E-state index contributed by atoms with van der Waals surface area (Å²) in [5.41, 5.74) is 2.71. The van der Waals surface area contributed by atoms with Gasteiger partial charge < -0.3 is 10.6 Å². The highest BCUT2D eigenvalue weighted by Crippen LogP contribution is 2.18. The second kappa shape index (κ2) is 9.04. The molecule has 1 saturated heterocycles. The fourth-order valence-electron chi connectivity index (χ4n) is 3.55. The van der Waals surface area contributed by atoms with E-state index in [0.717, 1.165) is 37.8 Å². The lowest BCUT2D eigenvalue weighted by molar-refractivity contribution is 0.185. The van der Waals surface area contributed by atoms with Crippen LogP contribution in [-0.4, -0.2) is 37.0 Å². The summed E-state index contributed by atoms with van der Waals surface area (Å²) >= 11 is 0. The second-order valence-electron chi connectivity index (χ2n) is 7.49. The molecule has 4 nitrogen and oxygen atoms in total. The number of rotatable bonds is 5. The summed E-state index contributed by atoms with van der Waals surface area (Å²) in [6.45, 7) is 6.73. The maximum atomic E-state index is 4.33. The van der Waals surface area contributed by atoms with Crippen molar-refractivity contribution >= 4 is 5.96 Å². The predicted molar refractivity (Wildman–Crippen MR) is 106 cm³/mol. The molecule has 1 fully saturated rings. The number of aliphatic imine (C=N–C) groups is 1. The molecule has 0 spiro atoms. The van der Waals surface area contributed by atoms with E-state index < -0.39 is 0 Å². The van der Waals surface area contributed by atoms with Gasteiger partial charge in [0.2, 0.25) is 0 Å². The number of likely N-dealkylation sites (tertiary alicyclic amines) is 1. The molecular formula is C21H32N4. The number of nitrogens with one attached hydrogen (secondary N) is 2. The Balaban J connectivity index is 1.43. The Hall–Kier alpha value is -1.81. The summed E-state index contributed by atoms with van der Waals surface area (Å²) in [6, 6.07) is 9.50. The molecule has 2 aliphatic rings. The van der Waals surface area contributed by atoms with Gasteiger partial charge in [-0.1, -0.05) is 43.3 Å². The van der Waals surface area contributed by atoms with E-state index in [4.69, 9.17) is 0 Å². The molecule has 1 aliphatic carbocycles. The normalized spacial score (nSPS) is 20.2. The fraction of sp³-hybridized carbons (Fsp3) is 0.571. The molecule has 0 radical (unpaired) electrons. The summed E-state index contributed by atoms with van der Waals surface area (Å²) in [7, 11) is 1.83. The molecule has 25 heavy (non-hydrogen) atoms. The standard InChI is InChI=1S/C21H32N4/c1-17-11-13-25(14-12-17)16-19-9-7-18(8-10-19)15-23-21(22-2)24-20-5-3-4-6-20/h3-4,7-10,17,20H,5-6,11-16H2,1-2H3,(H2,22,23,24). The van der Waals surface area contributed by atoms with Crippen LogP contribution in [0.1, 0.15) is 43.7 Å². The molecule has 0 saturated carbocycles. The Morgan fingerprint density at radius 3 is 2.36 bits per heavy atom. The SMILES string of the molecule is CN=C(NCc1ccc(CN2CCC(C)CC2)cc1)NC1CC=CC1. The molecule has 1 heterocycles. The minimum Gasteiger partial charge on any atom is -0.353 e. The Morgan fingerprint density at radius 1 is 1.08 bits per heavy atom. The van der Waals surface area contributed by atoms with Crippen LogP contribution in [0.15, 0.2) is 41.4 Å². The maximum Gasteiger partial charge on any atom is 0.191 e. The van der Waals surface area contributed by atoms with E-state index in [0.29, 0.717) is 6.04 Å². The quantitative estimate of drug-likeness (QED) is 0.491. The molecule has 0 aromatic heterocycles.